The van der Waals surface area contributed by atoms with Crippen LogP contribution < -0.4 is 26.4 Å². The van der Waals surface area contributed by atoms with Crippen LogP contribution in [0.1, 0.15) is 50.2 Å². The van der Waals surface area contributed by atoms with E-state index in [1.165, 1.54) is 12.8 Å². The van der Waals surface area contributed by atoms with Gasteiger partial charge in [0.05, 0.1) is 19.3 Å². The Kier molecular flexibility index (Phi) is 8.36. The van der Waals surface area contributed by atoms with Crippen molar-refractivity contribution in [1.29, 1.82) is 0 Å². The van der Waals surface area contributed by atoms with Gasteiger partial charge in [-0.25, -0.2) is 0 Å². The molecule has 5 aliphatic rings. The standard InChI is InChI=1S/C31H49N9O3/c1-5-23-19-37(3)28-29(40(23)24-8-6-7-9-24)34-31(32,35-30(28)42)33-25-16-21-10-11-39(18-22(21)17-26(25)43-4)27(41)20-38-14-12-36(2)13-15-38/h16-17,23-24,33-34H,5-15,18-20,32H2,1-4H3,(H,35,42)/t23?,31-/m1/s1. The van der Waals surface area contributed by atoms with Crippen molar-refractivity contribution in [2.75, 3.05) is 72.3 Å². The minimum absolute atomic E-state index is 0.171. The first-order valence-corrected chi connectivity index (χ1v) is 16.0. The number of piperazine rings is 1. The molecular formula is C31H49N9O3. The molecule has 1 saturated heterocycles. The molecule has 6 rings (SSSR count). The Morgan fingerprint density at radius 3 is 2.53 bits per heavy atom. The van der Waals surface area contributed by atoms with Crippen molar-refractivity contribution in [2.45, 2.75) is 70.0 Å². The summed E-state index contributed by atoms with van der Waals surface area (Å²) in [6.45, 7) is 8.54. The Hall–Kier alpha value is -3.22. The molecule has 2 amide bonds. The highest BCUT2D eigenvalue weighted by molar-refractivity contribution is 5.95. The molecule has 4 aliphatic heterocycles. The minimum Gasteiger partial charge on any atom is -0.495 e. The van der Waals surface area contributed by atoms with Crippen molar-refractivity contribution in [3.05, 3.63) is 34.8 Å². The van der Waals surface area contributed by atoms with Gasteiger partial charge in [-0.3, -0.25) is 25.5 Å². The van der Waals surface area contributed by atoms with Crippen molar-refractivity contribution < 1.29 is 14.3 Å². The second kappa shape index (κ2) is 12.0. The highest BCUT2D eigenvalue weighted by atomic mass is 16.5. The van der Waals surface area contributed by atoms with Crippen LogP contribution in [0.2, 0.25) is 0 Å². The van der Waals surface area contributed by atoms with Gasteiger partial charge in [0.25, 0.3) is 5.91 Å². The SMILES string of the molecule is CCC1CN(C)C2=C(N[C@@](N)(Nc3cc4c(cc3OC)CN(C(=O)CN3CCN(C)CC3)CC4)NC2=O)N1C1CCCC1. The fourth-order valence-electron chi connectivity index (χ4n) is 7.47. The molecule has 0 radical (unpaired) electrons. The maximum Gasteiger partial charge on any atom is 0.275 e. The average Bonchev–Trinajstić information content (AvgIpc) is 3.51. The molecule has 1 saturated carbocycles. The van der Waals surface area contributed by atoms with E-state index < -0.39 is 5.91 Å². The predicted molar refractivity (Wildman–Crippen MR) is 166 cm³/mol. The Labute approximate surface area is 255 Å². The number of nitrogens with two attached hydrogens (primary N) is 1. The van der Waals surface area contributed by atoms with Gasteiger partial charge in [0.1, 0.15) is 17.3 Å². The van der Waals surface area contributed by atoms with E-state index in [-0.39, 0.29) is 11.8 Å². The number of benzene rings is 1. The van der Waals surface area contributed by atoms with E-state index in [0.717, 1.165) is 75.4 Å². The van der Waals surface area contributed by atoms with Gasteiger partial charge in [0.15, 0.2) is 0 Å². The lowest BCUT2D eigenvalue weighted by atomic mass is 9.98. The molecule has 5 N–H and O–H groups in total. The van der Waals surface area contributed by atoms with Crippen LogP contribution in [0.25, 0.3) is 0 Å². The Balaban J connectivity index is 1.20. The summed E-state index contributed by atoms with van der Waals surface area (Å²) in [6, 6.07) is 4.75. The number of methoxy groups -OCH3 is 1. The van der Waals surface area contributed by atoms with Gasteiger partial charge in [0, 0.05) is 64.9 Å². The van der Waals surface area contributed by atoms with Gasteiger partial charge >= 0.3 is 0 Å². The molecule has 0 spiro atoms. The molecule has 2 atom stereocenters. The maximum atomic E-state index is 13.6. The van der Waals surface area contributed by atoms with Crippen molar-refractivity contribution in [3.8, 4) is 5.75 Å². The summed E-state index contributed by atoms with van der Waals surface area (Å²) in [6.07, 6.45) is 6.39. The van der Waals surface area contributed by atoms with Gasteiger partial charge in [-0.15, -0.1) is 0 Å². The second-order valence-corrected chi connectivity index (χ2v) is 13.0. The average molecular weight is 596 g/mol. The highest BCUT2D eigenvalue weighted by Crippen LogP contribution is 2.37. The van der Waals surface area contributed by atoms with E-state index in [1.807, 2.05) is 22.9 Å². The van der Waals surface area contributed by atoms with Crippen LogP contribution in [0.5, 0.6) is 5.75 Å². The molecule has 0 bridgehead atoms. The molecule has 4 heterocycles. The van der Waals surface area contributed by atoms with Gasteiger partial charge in [-0.2, -0.15) is 0 Å². The highest BCUT2D eigenvalue weighted by Gasteiger charge is 2.46. The van der Waals surface area contributed by atoms with Gasteiger partial charge in [-0.1, -0.05) is 19.8 Å². The van der Waals surface area contributed by atoms with E-state index >= 15 is 0 Å². The number of anilines is 1. The van der Waals surface area contributed by atoms with Crippen LogP contribution in [0.15, 0.2) is 23.7 Å². The second-order valence-electron chi connectivity index (χ2n) is 13.0. The summed E-state index contributed by atoms with van der Waals surface area (Å²) in [4.78, 5) is 37.7. The van der Waals surface area contributed by atoms with E-state index in [9.17, 15) is 9.59 Å². The number of amides is 2. The number of fused-ring (bicyclic) bond motifs is 1. The third-order valence-corrected chi connectivity index (χ3v) is 9.95. The first kappa shape index (κ1) is 29.8. The Morgan fingerprint density at radius 2 is 1.84 bits per heavy atom. The lowest BCUT2D eigenvalue weighted by Gasteiger charge is -2.52. The lowest BCUT2D eigenvalue weighted by Crippen LogP contribution is -2.76. The fraction of sp³-hybridized carbons (Fsp3) is 0.677. The lowest BCUT2D eigenvalue weighted by molar-refractivity contribution is -0.133. The van der Waals surface area contributed by atoms with Crippen LogP contribution in [-0.4, -0.2) is 121 Å². The Morgan fingerprint density at radius 1 is 1.09 bits per heavy atom. The number of nitrogens with one attached hydrogen (secondary N) is 3. The van der Waals surface area contributed by atoms with Crippen molar-refractivity contribution in [2.24, 2.45) is 5.73 Å². The van der Waals surface area contributed by atoms with Crippen LogP contribution in [-0.2, 0) is 22.6 Å². The number of hydrogen-bond acceptors (Lipinski definition) is 10. The van der Waals surface area contributed by atoms with Gasteiger partial charge in [-0.05, 0) is 56.0 Å². The quantitative estimate of drug-likeness (QED) is 0.335. The van der Waals surface area contributed by atoms with E-state index in [2.05, 4.69) is 50.7 Å². The fourth-order valence-corrected chi connectivity index (χ4v) is 7.47. The molecule has 0 aromatic heterocycles. The van der Waals surface area contributed by atoms with Crippen molar-refractivity contribution in [1.82, 2.24) is 35.1 Å². The molecule has 2 fully saturated rings. The zero-order valence-corrected chi connectivity index (χ0v) is 26.2. The Bertz CT molecular complexity index is 1260. The predicted octanol–water partition coefficient (Wildman–Crippen LogP) is 0.666. The van der Waals surface area contributed by atoms with E-state index in [1.54, 1.807) is 7.11 Å². The minimum atomic E-state index is -1.41. The summed E-state index contributed by atoms with van der Waals surface area (Å²) in [5.74, 6) is -0.0186. The van der Waals surface area contributed by atoms with Gasteiger partial charge in [0.2, 0.25) is 11.8 Å². The van der Waals surface area contributed by atoms with Crippen LogP contribution in [0.4, 0.5) is 5.69 Å². The first-order valence-electron chi connectivity index (χ1n) is 16.0. The molecule has 43 heavy (non-hydrogen) atoms. The molecule has 12 nitrogen and oxygen atoms in total. The number of carbonyl (C=O) groups excluding carboxylic acids is 2. The molecule has 236 valence electrons. The molecule has 1 aliphatic carbocycles. The summed E-state index contributed by atoms with van der Waals surface area (Å²) in [7, 11) is 5.73. The smallest absolute Gasteiger partial charge is 0.275 e. The third-order valence-electron chi connectivity index (χ3n) is 9.95. The molecule has 1 aromatic carbocycles. The van der Waals surface area contributed by atoms with E-state index in [0.29, 0.717) is 48.9 Å². The topological polar surface area (TPSA) is 122 Å². The molecule has 1 aromatic rings. The van der Waals surface area contributed by atoms with E-state index in [4.69, 9.17) is 10.5 Å². The molecule has 12 heteroatoms. The monoisotopic (exact) mass is 595 g/mol. The number of ether oxygens (including phenoxy) is 1. The number of rotatable bonds is 7. The summed E-state index contributed by atoms with van der Waals surface area (Å²) in [5.41, 5.74) is 10.4. The van der Waals surface area contributed by atoms with Crippen LogP contribution >= 0.6 is 0 Å². The largest absolute Gasteiger partial charge is 0.495 e. The zero-order chi connectivity index (χ0) is 30.3. The normalized spacial score (nSPS) is 27.0. The van der Waals surface area contributed by atoms with Crippen molar-refractivity contribution in [3.63, 3.8) is 0 Å². The summed E-state index contributed by atoms with van der Waals surface area (Å²) >= 11 is 0. The third kappa shape index (κ3) is 5.97. The zero-order valence-electron chi connectivity index (χ0n) is 26.2. The molecule has 1 unspecified atom stereocenters. The number of hydrogen-bond donors (Lipinski definition) is 4. The molecular weight excluding hydrogens is 546 g/mol. The first-order chi connectivity index (χ1) is 20.7. The summed E-state index contributed by atoms with van der Waals surface area (Å²) < 4.78 is 5.81. The number of likely N-dealkylation sites (N-methyl/N-ethyl adjacent to an activating group) is 2. The van der Waals surface area contributed by atoms with Gasteiger partial charge < -0.3 is 35.0 Å². The number of carbonyl (C=O) groups is 2. The van der Waals surface area contributed by atoms with Crippen molar-refractivity contribution >= 4 is 17.5 Å². The maximum absolute atomic E-state index is 13.6. The van der Waals surface area contributed by atoms with Crippen LogP contribution in [0.3, 0.4) is 0 Å². The van der Waals surface area contributed by atoms with Crippen LogP contribution in [0, 0.1) is 0 Å². The summed E-state index contributed by atoms with van der Waals surface area (Å²) in [5, 5.41) is 9.87. The number of nitrogens with zero attached hydrogens (tertiary/aromatic N) is 5.